The quantitative estimate of drug-likeness (QED) is 0.785. The SMILES string of the molecule is Cc1cc(S(=O)(=O)NCC2CCS(=O)(=O)C2)cc(N)c1C. The number of nitrogens with two attached hydrogens (primary N) is 1. The van der Waals surface area contributed by atoms with Crippen molar-refractivity contribution in [2.75, 3.05) is 23.8 Å². The fraction of sp³-hybridized carbons (Fsp3) is 0.538. The van der Waals surface area contributed by atoms with Crippen molar-refractivity contribution in [2.45, 2.75) is 25.2 Å². The summed E-state index contributed by atoms with van der Waals surface area (Å²) < 4.78 is 49.7. The molecule has 6 nitrogen and oxygen atoms in total. The van der Waals surface area contributed by atoms with Gasteiger partial charge >= 0.3 is 0 Å². The van der Waals surface area contributed by atoms with Crippen molar-refractivity contribution in [3.63, 3.8) is 0 Å². The third-order valence-electron chi connectivity index (χ3n) is 3.88. The van der Waals surface area contributed by atoms with Crippen LogP contribution < -0.4 is 10.5 Å². The minimum absolute atomic E-state index is 0.0462. The number of hydrogen-bond donors (Lipinski definition) is 2. The molecule has 1 aliphatic heterocycles. The van der Waals surface area contributed by atoms with E-state index in [0.717, 1.165) is 11.1 Å². The number of sulfonamides is 1. The third kappa shape index (κ3) is 3.75. The molecule has 0 spiro atoms. The van der Waals surface area contributed by atoms with E-state index in [-0.39, 0.29) is 28.9 Å². The fourth-order valence-electron chi connectivity index (χ4n) is 2.35. The van der Waals surface area contributed by atoms with Gasteiger partial charge in [-0.05, 0) is 49.4 Å². The zero-order valence-electron chi connectivity index (χ0n) is 12.1. The number of benzene rings is 1. The lowest BCUT2D eigenvalue weighted by molar-refractivity contribution is 0.543. The molecular formula is C13H20N2O4S2. The van der Waals surface area contributed by atoms with E-state index < -0.39 is 19.9 Å². The largest absolute Gasteiger partial charge is 0.398 e. The van der Waals surface area contributed by atoms with Gasteiger partial charge in [-0.15, -0.1) is 0 Å². The Kier molecular flexibility index (Phi) is 4.32. The van der Waals surface area contributed by atoms with E-state index in [1.165, 1.54) is 6.07 Å². The predicted octanol–water partition coefficient (Wildman–Crippen LogP) is 0.599. The van der Waals surface area contributed by atoms with Crippen molar-refractivity contribution in [1.82, 2.24) is 4.72 Å². The van der Waals surface area contributed by atoms with Crippen molar-refractivity contribution in [3.8, 4) is 0 Å². The molecule has 1 fully saturated rings. The van der Waals surface area contributed by atoms with Crippen LogP contribution in [0.5, 0.6) is 0 Å². The first kappa shape index (κ1) is 16.3. The van der Waals surface area contributed by atoms with E-state index in [1.807, 2.05) is 6.92 Å². The first-order valence-electron chi connectivity index (χ1n) is 6.67. The van der Waals surface area contributed by atoms with Crippen molar-refractivity contribution < 1.29 is 16.8 Å². The number of nitrogen functional groups attached to an aromatic ring is 1. The van der Waals surface area contributed by atoms with Crippen LogP contribution in [0.1, 0.15) is 17.5 Å². The van der Waals surface area contributed by atoms with Crippen LogP contribution in [0.25, 0.3) is 0 Å². The average molecular weight is 332 g/mol. The summed E-state index contributed by atoms with van der Waals surface area (Å²) in [4.78, 5) is 0.115. The van der Waals surface area contributed by atoms with E-state index in [0.29, 0.717) is 12.1 Å². The maximum Gasteiger partial charge on any atom is 0.240 e. The van der Waals surface area contributed by atoms with Gasteiger partial charge in [-0.25, -0.2) is 21.6 Å². The summed E-state index contributed by atoms with van der Waals surface area (Å²) in [7, 11) is -6.67. The van der Waals surface area contributed by atoms with Gasteiger partial charge < -0.3 is 5.73 Å². The van der Waals surface area contributed by atoms with Crippen LogP contribution in [-0.4, -0.2) is 34.9 Å². The maximum absolute atomic E-state index is 12.2. The van der Waals surface area contributed by atoms with E-state index in [9.17, 15) is 16.8 Å². The fourth-order valence-corrected chi connectivity index (χ4v) is 5.45. The Balaban J connectivity index is 2.12. The average Bonchev–Trinajstić information content (AvgIpc) is 2.73. The summed E-state index contributed by atoms with van der Waals surface area (Å²) in [6.45, 7) is 3.76. The van der Waals surface area contributed by atoms with Crippen LogP contribution in [0.15, 0.2) is 17.0 Å². The summed E-state index contributed by atoms with van der Waals surface area (Å²) in [6, 6.07) is 3.00. The predicted molar refractivity (Wildman–Crippen MR) is 82.3 cm³/mol. The van der Waals surface area contributed by atoms with Crippen molar-refractivity contribution in [1.29, 1.82) is 0 Å². The number of rotatable bonds is 4. The van der Waals surface area contributed by atoms with Crippen molar-refractivity contribution in [2.24, 2.45) is 5.92 Å². The number of anilines is 1. The van der Waals surface area contributed by atoms with Crippen LogP contribution >= 0.6 is 0 Å². The Morgan fingerprint density at radius 3 is 2.52 bits per heavy atom. The van der Waals surface area contributed by atoms with Gasteiger partial charge in [0.2, 0.25) is 10.0 Å². The third-order valence-corrected chi connectivity index (χ3v) is 7.12. The van der Waals surface area contributed by atoms with Crippen LogP contribution in [0.2, 0.25) is 0 Å². The highest BCUT2D eigenvalue weighted by atomic mass is 32.2. The Morgan fingerprint density at radius 2 is 2.00 bits per heavy atom. The highest BCUT2D eigenvalue weighted by Gasteiger charge is 2.29. The van der Waals surface area contributed by atoms with Gasteiger partial charge in [0.15, 0.2) is 9.84 Å². The summed E-state index contributed by atoms with van der Waals surface area (Å²) in [6.07, 6.45) is 0.500. The van der Waals surface area contributed by atoms with E-state index in [2.05, 4.69) is 4.72 Å². The molecule has 1 atom stereocenters. The second-order valence-electron chi connectivity index (χ2n) is 5.58. The zero-order chi connectivity index (χ0) is 15.8. The molecular weight excluding hydrogens is 312 g/mol. The molecule has 1 heterocycles. The number of nitrogens with one attached hydrogen (secondary N) is 1. The maximum atomic E-state index is 12.2. The number of sulfone groups is 1. The van der Waals surface area contributed by atoms with Gasteiger partial charge in [0, 0.05) is 12.2 Å². The Morgan fingerprint density at radius 1 is 1.33 bits per heavy atom. The standard InChI is InChI=1S/C13H20N2O4S2/c1-9-5-12(6-13(14)10(9)2)21(18,19)15-7-11-3-4-20(16,17)8-11/h5-6,11,15H,3-4,7-8,14H2,1-2H3. The van der Waals surface area contributed by atoms with Crippen LogP contribution in [0.4, 0.5) is 5.69 Å². The topological polar surface area (TPSA) is 106 Å². The lowest BCUT2D eigenvalue weighted by Gasteiger charge is -2.13. The molecule has 1 unspecified atom stereocenters. The molecule has 21 heavy (non-hydrogen) atoms. The normalized spacial score (nSPS) is 21.5. The smallest absolute Gasteiger partial charge is 0.240 e. The molecule has 0 aromatic heterocycles. The second kappa shape index (κ2) is 5.58. The lowest BCUT2D eigenvalue weighted by atomic mass is 10.1. The van der Waals surface area contributed by atoms with Crippen LogP contribution in [-0.2, 0) is 19.9 Å². The van der Waals surface area contributed by atoms with Gasteiger partial charge in [0.25, 0.3) is 0 Å². The molecule has 1 aromatic carbocycles. The summed E-state index contributed by atoms with van der Waals surface area (Å²) >= 11 is 0. The van der Waals surface area contributed by atoms with E-state index in [1.54, 1.807) is 13.0 Å². The Bertz CT molecular complexity index is 731. The Hall–Kier alpha value is -1.12. The summed E-state index contributed by atoms with van der Waals surface area (Å²) in [5, 5.41) is 0. The minimum atomic E-state index is -3.67. The zero-order valence-corrected chi connectivity index (χ0v) is 13.7. The first-order chi connectivity index (χ1) is 9.61. The van der Waals surface area contributed by atoms with Crippen LogP contribution in [0, 0.1) is 19.8 Å². The monoisotopic (exact) mass is 332 g/mol. The number of aryl methyl sites for hydroxylation is 1. The molecule has 1 saturated heterocycles. The molecule has 0 radical (unpaired) electrons. The first-order valence-corrected chi connectivity index (χ1v) is 9.98. The van der Waals surface area contributed by atoms with Crippen molar-refractivity contribution >= 4 is 25.5 Å². The number of hydrogen-bond acceptors (Lipinski definition) is 5. The van der Waals surface area contributed by atoms with Gasteiger partial charge in [0.1, 0.15) is 0 Å². The van der Waals surface area contributed by atoms with Crippen LogP contribution in [0.3, 0.4) is 0 Å². The van der Waals surface area contributed by atoms with Gasteiger partial charge in [-0.1, -0.05) is 0 Å². The Labute approximate surface area is 125 Å². The molecule has 0 bridgehead atoms. The lowest BCUT2D eigenvalue weighted by Crippen LogP contribution is -2.30. The molecule has 1 aromatic rings. The van der Waals surface area contributed by atoms with Gasteiger partial charge in [-0.3, -0.25) is 0 Å². The summed E-state index contributed by atoms with van der Waals surface area (Å²) in [5.74, 6) is 0.0225. The summed E-state index contributed by atoms with van der Waals surface area (Å²) in [5.41, 5.74) is 7.89. The molecule has 118 valence electrons. The van der Waals surface area contributed by atoms with Gasteiger partial charge in [-0.2, -0.15) is 0 Å². The molecule has 1 aliphatic rings. The van der Waals surface area contributed by atoms with E-state index >= 15 is 0 Å². The van der Waals surface area contributed by atoms with Crippen molar-refractivity contribution in [3.05, 3.63) is 23.3 Å². The van der Waals surface area contributed by atoms with E-state index in [4.69, 9.17) is 5.73 Å². The van der Waals surface area contributed by atoms with Gasteiger partial charge in [0.05, 0.1) is 16.4 Å². The molecule has 8 heteroatoms. The molecule has 3 N–H and O–H groups in total. The minimum Gasteiger partial charge on any atom is -0.398 e. The highest BCUT2D eigenvalue weighted by Crippen LogP contribution is 2.22. The highest BCUT2D eigenvalue weighted by molar-refractivity contribution is 7.91. The molecule has 0 aliphatic carbocycles. The molecule has 2 rings (SSSR count). The molecule has 0 amide bonds. The second-order valence-corrected chi connectivity index (χ2v) is 9.57. The molecule has 0 saturated carbocycles.